The minimum Gasteiger partial charge on any atom is -0.262 e. The summed E-state index contributed by atoms with van der Waals surface area (Å²) in [5, 5.41) is -3.73. The molecule has 0 aliphatic heterocycles. The van der Waals surface area contributed by atoms with Crippen LogP contribution in [0.1, 0.15) is 0 Å². The molecule has 2 nitrogen and oxygen atoms in total. The summed E-state index contributed by atoms with van der Waals surface area (Å²) >= 11 is 0. The summed E-state index contributed by atoms with van der Waals surface area (Å²) in [7, 11) is 0. The van der Waals surface area contributed by atoms with E-state index in [4.69, 9.17) is 0 Å². The molecule has 0 unspecified atom stereocenters. The van der Waals surface area contributed by atoms with Crippen LogP contribution >= 0.6 is 0 Å². The summed E-state index contributed by atoms with van der Waals surface area (Å²) in [5.41, 5.74) is 0. The lowest BCUT2D eigenvalue weighted by Crippen LogP contribution is -2.76. The summed E-state index contributed by atoms with van der Waals surface area (Å²) in [4.78, 5) is 10.1. The van der Waals surface area contributed by atoms with Gasteiger partial charge in [0.05, 0.1) is 0 Å². The first kappa shape index (κ1) is 31.0. The van der Waals surface area contributed by atoms with Crippen LogP contribution in [0.5, 0.6) is 0 Å². The van der Waals surface area contributed by atoms with Crippen molar-refractivity contribution in [1.29, 1.82) is 0 Å². The summed E-state index contributed by atoms with van der Waals surface area (Å²) in [6.07, 6.45) is -8.01. The fourth-order valence-corrected chi connectivity index (χ4v) is 1.60. The third-order valence-corrected chi connectivity index (χ3v) is 3.54. The van der Waals surface area contributed by atoms with E-state index in [1.54, 1.807) is 0 Å². The molecule has 33 heavy (non-hydrogen) atoms. The summed E-state index contributed by atoms with van der Waals surface area (Å²) < 4.78 is 267. The predicted octanol–water partition coefficient (Wildman–Crippen LogP) is 6.23. The first-order valence-corrected chi connectivity index (χ1v) is 6.61. The van der Waals surface area contributed by atoms with Crippen molar-refractivity contribution in [2.24, 2.45) is 0 Å². The zero-order chi connectivity index (χ0) is 27.7. The normalized spacial score (nSPS) is 16.2. The average Bonchev–Trinajstić information content (AvgIpc) is 2.58. The minimum absolute atomic E-state index is 3.73. The summed E-state index contributed by atoms with van der Waals surface area (Å²) in [5.74, 6) is -75.1. The van der Waals surface area contributed by atoms with Crippen molar-refractivity contribution in [1.82, 2.24) is 5.34 Å². The zero-order valence-corrected chi connectivity index (χ0v) is 13.8. The SMILES string of the molecule is O=C(N(F)F)C(F)(F)C(F)(F)C(F)(F)C(F)(F)C(F)(F)C(F)(F)C(F)(F)C(F)(F)C(F)(F)F. The Labute approximate surface area is 163 Å². The van der Waals surface area contributed by atoms with Gasteiger partial charge in [0.2, 0.25) is 0 Å². The molecular formula is C10F21NO. The minimum atomic E-state index is -9.19. The third-order valence-electron chi connectivity index (χ3n) is 3.54. The molecule has 0 bridgehead atoms. The maximum atomic E-state index is 13.2. The number of rotatable bonds is 8. The highest BCUT2D eigenvalue weighted by molar-refractivity contribution is 5.83. The Morgan fingerprint density at radius 2 is 0.606 bits per heavy atom. The molecule has 0 aromatic heterocycles. The van der Waals surface area contributed by atoms with Crippen LogP contribution in [0.25, 0.3) is 0 Å². The number of carbonyl (C=O) groups excluding carboxylic acids is 1. The van der Waals surface area contributed by atoms with Gasteiger partial charge in [0.1, 0.15) is 0 Å². The second kappa shape index (κ2) is 7.50. The maximum Gasteiger partial charge on any atom is 0.460 e. The van der Waals surface area contributed by atoms with E-state index in [0.717, 1.165) is 0 Å². The maximum absolute atomic E-state index is 13.2. The Balaban J connectivity index is 6.99. The second-order valence-corrected chi connectivity index (χ2v) is 5.63. The highest BCUT2D eigenvalue weighted by atomic mass is 19.4. The van der Waals surface area contributed by atoms with Crippen molar-refractivity contribution in [3.63, 3.8) is 0 Å². The van der Waals surface area contributed by atoms with Gasteiger partial charge in [-0.1, -0.05) is 8.96 Å². The molecule has 0 aliphatic carbocycles. The molecule has 0 aromatic rings. The van der Waals surface area contributed by atoms with Gasteiger partial charge in [-0.15, -0.1) is 0 Å². The molecule has 23 heteroatoms. The second-order valence-electron chi connectivity index (χ2n) is 5.63. The first-order valence-electron chi connectivity index (χ1n) is 6.61. The monoisotopic (exact) mass is 549 g/mol. The number of halogens is 21. The Hall–Kier alpha value is -2.00. The van der Waals surface area contributed by atoms with Crippen LogP contribution in [0.15, 0.2) is 0 Å². The fraction of sp³-hybridized carbons (Fsp3) is 0.900. The summed E-state index contributed by atoms with van der Waals surface area (Å²) in [6, 6.07) is 0. The van der Waals surface area contributed by atoms with Gasteiger partial charge in [-0.3, -0.25) is 4.79 Å². The average molecular weight is 549 g/mol. The standard InChI is InChI=1S/C10F21NO/c11-2(12,1(33)32(30)31)3(13,14)4(15,16)5(17,18)6(19,20)7(21,22)8(23,24)9(25,26)10(27,28)29. The lowest BCUT2D eigenvalue weighted by Gasteiger charge is -2.43. The van der Waals surface area contributed by atoms with Crippen LogP contribution in [0.4, 0.5) is 92.4 Å². The topological polar surface area (TPSA) is 20.3 Å². The van der Waals surface area contributed by atoms with Crippen molar-refractivity contribution in [2.45, 2.75) is 53.6 Å². The van der Waals surface area contributed by atoms with Crippen LogP contribution in [0.2, 0.25) is 0 Å². The van der Waals surface area contributed by atoms with Crippen LogP contribution in [0, 0.1) is 0 Å². The highest BCUT2D eigenvalue weighted by Gasteiger charge is 2.97. The number of amides is 1. The molecule has 0 rings (SSSR count). The van der Waals surface area contributed by atoms with Crippen LogP contribution in [-0.2, 0) is 4.79 Å². The molecule has 0 fully saturated rings. The molecule has 0 atom stereocenters. The van der Waals surface area contributed by atoms with E-state index in [0.29, 0.717) is 0 Å². The van der Waals surface area contributed by atoms with Gasteiger partial charge in [-0.25, -0.2) is 0 Å². The number of carbonyl (C=O) groups is 1. The number of hydrogen-bond acceptors (Lipinski definition) is 1. The summed E-state index contributed by atoms with van der Waals surface area (Å²) in [6.45, 7) is 0. The smallest absolute Gasteiger partial charge is 0.262 e. The molecule has 1 amide bonds. The van der Waals surface area contributed by atoms with Gasteiger partial charge in [0.25, 0.3) is 0 Å². The molecular weight excluding hydrogens is 549 g/mol. The molecule has 0 aromatic carbocycles. The van der Waals surface area contributed by atoms with Crippen molar-refractivity contribution < 1.29 is 97.2 Å². The molecule has 0 spiro atoms. The Morgan fingerprint density at radius 1 is 0.394 bits per heavy atom. The zero-order valence-electron chi connectivity index (χ0n) is 13.8. The van der Waals surface area contributed by atoms with E-state index < -0.39 is 64.8 Å². The number of nitrogens with zero attached hydrogens (tertiary/aromatic N) is 1. The van der Waals surface area contributed by atoms with Gasteiger partial charge in [-0.2, -0.15) is 83.4 Å². The van der Waals surface area contributed by atoms with Crippen molar-refractivity contribution in [3.05, 3.63) is 0 Å². The van der Waals surface area contributed by atoms with Gasteiger partial charge in [0, 0.05) is 5.34 Å². The number of hydrogen-bond donors (Lipinski definition) is 0. The van der Waals surface area contributed by atoms with Gasteiger partial charge < -0.3 is 0 Å². The van der Waals surface area contributed by atoms with E-state index in [1.807, 2.05) is 0 Å². The Morgan fingerprint density at radius 3 is 0.818 bits per heavy atom. The number of alkyl halides is 19. The fourth-order valence-electron chi connectivity index (χ4n) is 1.60. The predicted molar refractivity (Wildman–Crippen MR) is 54.7 cm³/mol. The van der Waals surface area contributed by atoms with Gasteiger partial charge >= 0.3 is 59.5 Å². The molecule has 0 aliphatic rings. The van der Waals surface area contributed by atoms with Crippen molar-refractivity contribution in [3.8, 4) is 0 Å². The first-order chi connectivity index (χ1) is 13.9. The van der Waals surface area contributed by atoms with E-state index >= 15 is 0 Å². The Kier molecular flexibility index (Phi) is 7.05. The third kappa shape index (κ3) is 3.67. The van der Waals surface area contributed by atoms with Crippen LogP contribution in [0.3, 0.4) is 0 Å². The molecule has 0 heterocycles. The van der Waals surface area contributed by atoms with E-state index in [1.165, 1.54) is 0 Å². The quantitative estimate of drug-likeness (QED) is 0.260. The Bertz CT molecular complexity index is 747. The van der Waals surface area contributed by atoms with Crippen LogP contribution < -0.4 is 0 Å². The molecule has 0 radical (unpaired) electrons. The van der Waals surface area contributed by atoms with Crippen molar-refractivity contribution in [2.75, 3.05) is 0 Å². The molecule has 198 valence electrons. The largest absolute Gasteiger partial charge is 0.460 e. The van der Waals surface area contributed by atoms with E-state index in [9.17, 15) is 97.2 Å². The van der Waals surface area contributed by atoms with Gasteiger partial charge in [-0.05, 0) is 0 Å². The van der Waals surface area contributed by atoms with Gasteiger partial charge in [0.15, 0.2) is 0 Å². The highest BCUT2D eigenvalue weighted by Crippen LogP contribution is 2.65. The van der Waals surface area contributed by atoms with Crippen molar-refractivity contribution >= 4 is 5.91 Å². The van der Waals surface area contributed by atoms with E-state index in [-0.39, 0.29) is 0 Å². The molecule has 0 saturated carbocycles. The lowest BCUT2D eigenvalue weighted by molar-refractivity contribution is -0.467. The van der Waals surface area contributed by atoms with Crippen LogP contribution in [-0.4, -0.2) is 64.8 Å². The van der Waals surface area contributed by atoms with E-state index in [2.05, 4.69) is 0 Å². The molecule has 0 saturated heterocycles. The molecule has 0 N–H and O–H groups in total. The lowest BCUT2D eigenvalue weighted by atomic mass is 9.87.